The Morgan fingerprint density at radius 2 is 1.85 bits per heavy atom. The van der Waals surface area contributed by atoms with Gasteiger partial charge in [0.1, 0.15) is 11.4 Å². The molecule has 3 heterocycles. The van der Waals surface area contributed by atoms with Gasteiger partial charge in [0, 0.05) is 43.2 Å². The van der Waals surface area contributed by atoms with Gasteiger partial charge in [0.25, 0.3) is 5.91 Å². The van der Waals surface area contributed by atoms with Crippen molar-refractivity contribution in [2.45, 2.75) is 32.6 Å². The van der Waals surface area contributed by atoms with Gasteiger partial charge in [-0.05, 0) is 73.2 Å². The van der Waals surface area contributed by atoms with Gasteiger partial charge in [0.2, 0.25) is 11.8 Å². The number of carbonyl (C=O) groups is 3. The summed E-state index contributed by atoms with van der Waals surface area (Å²) in [6, 6.07) is 16.4. The number of pyridine rings is 1. The number of hydrogen-bond acceptors (Lipinski definition) is 5. The highest BCUT2D eigenvalue weighted by Gasteiger charge is 2.20. The first-order chi connectivity index (χ1) is 19.4. The monoisotopic (exact) mass is 539 g/mol. The van der Waals surface area contributed by atoms with Gasteiger partial charge in [0.05, 0.1) is 18.7 Å². The predicted molar refractivity (Wildman–Crippen MR) is 152 cm³/mol. The number of nitrogens with zero attached hydrogens (tertiary/aromatic N) is 3. The molecule has 206 valence electrons. The number of benzene rings is 2. The van der Waals surface area contributed by atoms with Crippen LogP contribution in [0, 0.1) is 6.92 Å². The molecule has 1 aliphatic heterocycles. The van der Waals surface area contributed by atoms with Crippen molar-refractivity contribution in [1.29, 1.82) is 0 Å². The number of imidazole rings is 1. The molecule has 0 atom stereocenters. The summed E-state index contributed by atoms with van der Waals surface area (Å²) in [7, 11) is 0. The highest BCUT2D eigenvalue weighted by atomic mass is 16.3. The van der Waals surface area contributed by atoms with E-state index in [9.17, 15) is 19.5 Å². The van der Waals surface area contributed by atoms with Crippen molar-refractivity contribution in [3.8, 4) is 16.9 Å². The molecule has 2 aromatic heterocycles. The first-order valence-corrected chi connectivity index (χ1v) is 13.6. The fourth-order valence-electron chi connectivity index (χ4n) is 5.00. The van der Waals surface area contributed by atoms with Crippen LogP contribution in [0.2, 0.25) is 0 Å². The first-order valence-electron chi connectivity index (χ1n) is 13.6. The molecule has 0 radical (unpaired) electrons. The molecule has 0 unspecified atom stereocenters. The van der Waals surface area contributed by atoms with Crippen molar-refractivity contribution in [3.05, 3.63) is 89.4 Å². The molecular formula is C31H33N5O4. The maximum Gasteiger partial charge on any atom is 0.251 e. The standard InChI is InChI=1S/C31H33N5O4/c1-21-6-5-15-36-25(19-34-30(21)36)18-29(39)35-14-3-2-12-33-31(40)24-8-4-7-23(17-24)26-16-22(9-10-27(26)37)11-13-32-28(38)20-35/h4-10,15-17,19,37H,2-3,11-14,18,20H2,1H3,(H,32,38)(H,33,40). The Labute approximate surface area is 232 Å². The largest absolute Gasteiger partial charge is 0.507 e. The number of aryl methyl sites for hydroxylation is 1. The zero-order chi connectivity index (χ0) is 28.1. The van der Waals surface area contributed by atoms with E-state index in [0.29, 0.717) is 50.0 Å². The number of phenols is 1. The molecule has 40 heavy (non-hydrogen) atoms. The number of aromatic nitrogens is 2. The lowest BCUT2D eigenvalue weighted by molar-refractivity contribution is -0.135. The summed E-state index contributed by atoms with van der Waals surface area (Å²) >= 11 is 0. The Bertz CT molecular complexity index is 1560. The minimum atomic E-state index is -0.233. The van der Waals surface area contributed by atoms with Crippen LogP contribution in [0.1, 0.15) is 40.0 Å². The highest BCUT2D eigenvalue weighted by molar-refractivity contribution is 5.95. The molecule has 0 saturated heterocycles. The third-order valence-corrected chi connectivity index (χ3v) is 7.20. The lowest BCUT2D eigenvalue weighted by Gasteiger charge is -2.22. The second-order valence-electron chi connectivity index (χ2n) is 10.1. The zero-order valence-electron chi connectivity index (χ0n) is 22.5. The molecule has 5 rings (SSSR count). The van der Waals surface area contributed by atoms with Gasteiger partial charge in [-0.15, -0.1) is 0 Å². The van der Waals surface area contributed by atoms with Crippen LogP contribution in [0.4, 0.5) is 0 Å². The van der Waals surface area contributed by atoms with E-state index in [1.807, 2.05) is 47.9 Å². The summed E-state index contributed by atoms with van der Waals surface area (Å²) in [6.07, 6.45) is 5.55. The van der Waals surface area contributed by atoms with Crippen molar-refractivity contribution >= 4 is 23.4 Å². The van der Waals surface area contributed by atoms with Crippen molar-refractivity contribution in [3.63, 3.8) is 0 Å². The number of hydrogen-bond donors (Lipinski definition) is 3. The number of amides is 3. The summed E-state index contributed by atoms with van der Waals surface area (Å²) in [6.45, 7) is 3.15. The van der Waals surface area contributed by atoms with E-state index in [2.05, 4.69) is 15.6 Å². The smallest absolute Gasteiger partial charge is 0.251 e. The molecule has 0 fully saturated rings. The average molecular weight is 540 g/mol. The minimum absolute atomic E-state index is 0.0493. The summed E-state index contributed by atoms with van der Waals surface area (Å²) in [5.74, 6) is -0.468. The Morgan fingerprint density at radius 1 is 1.00 bits per heavy atom. The number of aromatic hydroxyl groups is 1. The third kappa shape index (κ3) is 6.14. The van der Waals surface area contributed by atoms with Crippen molar-refractivity contribution in [1.82, 2.24) is 24.9 Å². The molecule has 4 aromatic rings. The average Bonchev–Trinajstić information content (AvgIpc) is 3.36. The SMILES string of the molecule is Cc1cccn2c(CC(=O)N3CCCCNC(=O)c4cccc(c4)-c4cc(ccc4O)CCNC(=O)C3)cnc12. The van der Waals surface area contributed by atoms with Crippen LogP contribution in [0.25, 0.3) is 16.8 Å². The zero-order valence-corrected chi connectivity index (χ0v) is 22.5. The van der Waals surface area contributed by atoms with Gasteiger partial charge in [0.15, 0.2) is 0 Å². The molecule has 9 nitrogen and oxygen atoms in total. The van der Waals surface area contributed by atoms with Crippen LogP contribution >= 0.6 is 0 Å². The van der Waals surface area contributed by atoms with E-state index in [-0.39, 0.29) is 36.4 Å². The highest BCUT2D eigenvalue weighted by Crippen LogP contribution is 2.31. The first kappa shape index (κ1) is 26.9. The number of nitrogens with one attached hydrogen (secondary N) is 2. The van der Waals surface area contributed by atoms with Gasteiger partial charge in [-0.2, -0.15) is 0 Å². The van der Waals surface area contributed by atoms with Crippen LogP contribution in [-0.2, 0) is 22.4 Å². The van der Waals surface area contributed by atoms with E-state index in [1.165, 1.54) is 0 Å². The Hall–Kier alpha value is -4.66. The van der Waals surface area contributed by atoms with Crippen LogP contribution in [-0.4, -0.2) is 63.3 Å². The number of rotatable bonds is 2. The summed E-state index contributed by atoms with van der Waals surface area (Å²) in [4.78, 5) is 45.1. The Kier molecular flexibility index (Phi) is 8.10. The normalized spacial score (nSPS) is 15.2. The van der Waals surface area contributed by atoms with Crippen molar-refractivity contribution in [2.24, 2.45) is 0 Å². The molecule has 9 heteroatoms. The molecule has 4 bridgehead atoms. The summed E-state index contributed by atoms with van der Waals surface area (Å²) in [5, 5.41) is 16.4. The van der Waals surface area contributed by atoms with Crippen molar-refractivity contribution < 1.29 is 19.5 Å². The second-order valence-corrected chi connectivity index (χ2v) is 10.1. The molecule has 0 saturated carbocycles. The Balaban J connectivity index is 1.33. The van der Waals surface area contributed by atoms with Crippen LogP contribution in [0.3, 0.4) is 0 Å². The van der Waals surface area contributed by atoms with E-state index < -0.39 is 0 Å². The maximum absolute atomic E-state index is 13.4. The molecule has 2 aromatic carbocycles. The number of phenolic OH excluding ortho intramolecular Hbond substituents is 1. The van der Waals surface area contributed by atoms with Gasteiger partial charge in [-0.25, -0.2) is 4.98 Å². The molecule has 0 aliphatic carbocycles. The van der Waals surface area contributed by atoms with E-state index in [4.69, 9.17) is 0 Å². The van der Waals surface area contributed by atoms with Gasteiger partial charge < -0.3 is 25.0 Å². The predicted octanol–water partition coefficient (Wildman–Crippen LogP) is 3.27. The Morgan fingerprint density at radius 3 is 2.73 bits per heavy atom. The summed E-state index contributed by atoms with van der Waals surface area (Å²) < 4.78 is 1.91. The van der Waals surface area contributed by atoms with Crippen molar-refractivity contribution in [2.75, 3.05) is 26.2 Å². The molecular weight excluding hydrogens is 506 g/mol. The topological polar surface area (TPSA) is 116 Å². The lowest BCUT2D eigenvalue weighted by atomic mass is 9.98. The van der Waals surface area contributed by atoms with Crippen LogP contribution < -0.4 is 10.6 Å². The molecule has 3 N–H and O–H groups in total. The van der Waals surface area contributed by atoms with Gasteiger partial charge >= 0.3 is 0 Å². The van der Waals surface area contributed by atoms with Gasteiger partial charge in [-0.1, -0.05) is 24.3 Å². The van der Waals surface area contributed by atoms with E-state index in [0.717, 1.165) is 28.0 Å². The quantitative estimate of drug-likeness (QED) is 0.362. The fraction of sp³-hybridized carbons (Fsp3) is 0.290. The van der Waals surface area contributed by atoms with Crippen LogP contribution in [0.5, 0.6) is 5.75 Å². The number of fused-ring (bicyclic) bond motifs is 6. The van der Waals surface area contributed by atoms with E-state index >= 15 is 0 Å². The maximum atomic E-state index is 13.4. The molecule has 1 aliphatic rings. The fourth-order valence-corrected chi connectivity index (χ4v) is 5.00. The van der Waals surface area contributed by atoms with Crippen LogP contribution in [0.15, 0.2) is 67.0 Å². The lowest BCUT2D eigenvalue weighted by Crippen LogP contribution is -2.42. The molecule has 3 amide bonds. The van der Waals surface area contributed by atoms with Gasteiger partial charge in [-0.3, -0.25) is 14.4 Å². The molecule has 0 spiro atoms. The third-order valence-electron chi connectivity index (χ3n) is 7.20. The number of carbonyl (C=O) groups excluding carboxylic acids is 3. The minimum Gasteiger partial charge on any atom is -0.507 e. The summed E-state index contributed by atoms with van der Waals surface area (Å²) in [5.41, 5.74) is 5.40. The van der Waals surface area contributed by atoms with E-state index in [1.54, 1.807) is 35.4 Å². The second kappa shape index (κ2) is 12.0.